The van der Waals surface area contributed by atoms with Gasteiger partial charge in [0.1, 0.15) is 23.4 Å². The number of nitrogens with zero attached hydrogens (tertiary/aromatic N) is 2. The van der Waals surface area contributed by atoms with Crippen molar-refractivity contribution in [2.75, 3.05) is 43.1 Å². The van der Waals surface area contributed by atoms with Crippen molar-refractivity contribution in [1.29, 1.82) is 0 Å². The van der Waals surface area contributed by atoms with Gasteiger partial charge < -0.3 is 19.3 Å². The maximum Gasteiger partial charge on any atom is 0.146 e. The van der Waals surface area contributed by atoms with E-state index < -0.39 is 0 Å². The van der Waals surface area contributed by atoms with Gasteiger partial charge in [0.2, 0.25) is 0 Å². The van der Waals surface area contributed by atoms with Crippen LogP contribution in [0.5, 0.6) is 11.5 Å². The van der Waals surface area contributed by atoms with Gasteiger partial charge in [0.05, 0.1) is 12.8 Å². The van der Waals surface area contributed by atoms with Gasteiger partial charge in [-0.2, -0.15) is 0 Å². The van der Waals surface area contributed by atoms with Gasteiger partial charge in [-0.15, -0.1) is 0 Å². The Morgan fingerprint density at radius 1 is 0.929 bits per heavy atom. The minimum atomic E-state index is -0.204. The summed E-state index contributed by atoms with van der Waals surface area (Å²) in [5.74, 6) is 1.70. The van der Waals surface area contributed by atoms with Crippen molar-refractivity contribution >= 4 is 11.4 Å². The second kappa shape index (κ2) is 8.29. The largest absolute Gasteiger partial charge is 0.497 e. The monoisotopic (exact) mass is 384 g/mol. The molecule has 2 fully saturated rings. The van der Waals surface area contributed by atoms with Crippen molar-refractivity contribution < 1.29 is 13.9 Å². The third kappa shape index (κ3) is 4.03. The van der Waals surface area contributed by atoms with E-state index >= 15 is 0 Å². The smallest absolute Gasteiger partial charge is 0.146 e. The van der Waals surface area contributed by atoms with Crippen LogP contribution in [0.15, 0.2) is 42.5 Å². The number of piperidine rings is 1. The lowest BCUT2D eigenvalue weighted by atomic mass is 9.95. The zero-order valence-electron chi connectivity index (χ0n) is 16.7. The van der Waals surface area contributed by atoms with Crippen molar-refractivity contribution in [2.45, 2.75) is 32.3 Å². The number of anilines is 2. The average molecular weight is 384 g/mol. The minimum Gasteiger partial charge on any atom is -0.497 e. The maximum atomic E-state index is 14.3. The fourth-order valence-electron chi connectivity index (χ4n) is 4.27. The molecular weight excluding hydrogens is 355 g/mol. The van der Waals surface area contributed by atoms with Gasteiger partial charge in [-0.05, 0) is 49.2 Å². The highest BCUT2D eigenvalue weighted by atomic mass is 19.1. The van der Waals surface area contributed by atoms with Crippen LogP contribution in [0.1, 0.15) is 26.2 Å². The van der Waals surface area contributed by atoms with Gasteiger partial charge in [-0.25, -0.2) is 4.39 Å². The van der Waals surface area contributed by atoms with Gasteiger partial charge in [0, 0.05) is 50.3 Å². The first-order valence-electron chi connectivity index (χ1n) is 10.2. The van der Waals surface area contributed by atoms with E-state index in [0.29, 0.717) is 17.4 Å². The summed E-state index contributed by atoms with van der Waals surface area (Å²) in [5, 5.41) is 0. The van der Waals surface area contributed by atoms with E-state index in [1.807, 2.05) is 0 Å². The summed E-state index contributed by atoms with van der Waals surface area (Å²) >= 11 is 0. The summed E-state index contributed by atoms with van der Waals surface area (Å²) in [4.78, 5) is 4.52. The molecule has 0 N–H and O–H groups in total. The molecule has 150 valence electrons. The number of benzene rings is 2. The zero-order valence-corrected chi connectivity index (χ0v) is 16.7. The highest BCUT2D eigenvalue weighted by Crippen LogP contribution is 2.31. The molecule has 4 rings (SSSR count). The van der Waals surface area contributed by atoms with E-state index in [-0.39, 0.29) is 11.9 Å². The maximum absolute atomic E-state index is 14.3. The zero-order chi connectivity index (χ0) is 19.5. The SMILES string of the molecule is COc1ccc(F)c(N2CCC(Oc3ccc(N4CCCC4)cc3)C(C)C2)c1. The van der Waals surface area contributed by atoms with Crippen LogP contribution in [-0.2, 0) is 0 Å². The van der Waals surface area contributed by atoms with Crippen LogP contribution in [0, 0.1) is 11.7 Å². The molecule has 2 aromatic carbocycles. The molecule has 2 aliphatic rings. The summed E-state index contributed by atoms with van der Waals surface area (Å²) in [7, 11) is 1.61. The van der Waals surface area contributed by atoms with E-state index in [4.69, 9.17) is 9.47 Å². The second-order valence-corrected chi connectivity index (χ2v) is 7.87. The van der Waals surface area contributed by atoms with Gasteiger partial charge in [-0.1, -0.05) is 6.92 Å². The standard InChI is InChI=1S/C23H29FN2O2/c1-17-16-26(22-15-20(27-2)9-10-21(22)24)14-11-23(17)28-19-7-5-18(6-8-19)25-12-3-4-13-25/h5-10,15,17,23H,3-4,11-14,16H2,1-2H3. The van der Waals surface area contributed by atoms with Crippen LogP contribution in [0.25, 0.3) is 0 Å². The average Bonchev–Trinajstić information content (AvgIpc) is 3.25. The Morgan fingerprint density at radius 2 is 1.64 bits per heavy atom. The molecular formula is C23H29FN2O2. The number of rotatable bonds is 5. The molecule has 5 heteroatoms. The second-order valence-electron chi connectivity index (χ2n) is 7.87. The molecule has 2 atom stereocenters. The van der Waals surface area contributed by atoms with E-state index in [9.17, 15) is 4.39 Å². The molecule has 0 radical (unpaired) electrons. The summed E-state index contributed by atoms with van der Waals surface area (Å²) in [5.41, 5.74) is 1.89. The summed E-state index contributed by atoms with van der Waals surface area (Å²) < 4.78 is 25.8. The van der Waals surface area contributed by atoms with E-state index in [1.54, 1.807) is 19.2 Å². The van der Waals surface area contributed by atoms with E-state index in [0.717, 1.165) is 38.3 Å². The first-order valence-corrected chi connectivity index (χ1v) is 10.2. The molecule has 2 unspecified atom stereocenters. The molecule has 28 heavy (non-hydrogen) atoms. The Morgan fingerprint density at radius 3 is 2.32 bits per heavy atom. The lowest BCUT2D eigenvalue weighted by Crippen LogP contribution is -2.44. The van der Waals surface area contributed by atoms with Crippen LogP contribution in [-0.4, -0.2) is 39.4 Å². The van der Waals surface area contributed by atoms with Crippen molar-refractivity contribution in [1.82, 2.24) is 0 Å². The van der Waals surface area contributed by atoms with Crippen molar-refractivity contribution in [2.24, 2.45) is 5.92 Å². The Hall–Kier alpha value is -2.43. The van der Waals surface area contributed by atoms with Crippen LogP contribution < -0.4 is 19.3 Å². The van der Waals surface area contributed by atoms with Crippen LogP contribution in [0.2, 0.25) is 0 Å². The third-order valence-corrected chi connectivity index (χ3v) is 5.92. The number of methoxy groups -OCH3 is 1. The third-order valence-electron chi connectivity index (χ3n) is 5.92. The molecule has 0 saturated carbocycles. The summed E-state index contributed by atoms with van der Waals surface area (Å²) in [6.07, 6.45) is 3.57. The van der Waals surface area contributed by atoms with Gasteiger partial charge in [0.25, 0.3) is 0 Å². The van der Waals surface area contributed by atoms with E-state index in [1.165, 1.54) is 24.6 Å². The number of hydrogen-bond acceptors (Lipinski definition) is 4. The Balaban J connectivity index is 1.38. The first kappa shape index (κ1) is 18.9. The quantitative estimate of drug-likeness (QED) is 0.744. The molecule has 0 amide bonds. The van der Waals surface area contributed by atoms with Gasteiger partial charge >= 0.3 is 0 Å². The molecule has 2 aromatic rings. The summed E-state index contributed by atoms with van der Waals surface area (Å²) in [6.45, 7) is 6.01. The van der Waals surface area contributed by atoms with Crippen LogP contribution >= 0.6 is 0 Å². The normalized spacial score (nSPS) is 22.4. The molecule has 0 spiro atoms. The van der Waals surface area contributed by atoms with E-state index in [2.05, 4.69) is 41.0 Å². The molecule has 2 saturated heterocycles. The first-order chi connectivity index (χ1) is 13.6. The van der Waals surface area contributed by atoms with Crippen LogP contribution in [0.3, 0.4) is 0 Å². The highest BCUT2D eigenvalue weighted by Gasteiger charge is 2.29. The lowest BCUT2D eigenvalue weighted by molar-refractivity contribution is 0.121. The fourth-order valence-corrected chi connectivity index (χ4v) is 4.27. The fraction of sp³-hybridized carbons (Fsp3) is 0.478. The minimum absolute atomic E-state index is 0.141. The Kier molecular flexibility index (Phi) is 5.60. The number of hydrogen-bond donors (Lipinski definition) is 0. The van der Waals surface area contributed by atoms with Crippen LogP contribution in [0.4, 0.5) is 15.8 Å². The number of halogens is 1. The van der Waals surface area contributed by atoms with Crippen molar-refractivity contribution in [3.05, 3.63) is 48.3 Å². The lowest BCUT2D eigenvalue weighted by Gasteiger charge is -2.38. The summed E-state index contributed by atoms with van der Waals surface area (Å²) in [6, 6.07) is 13.4. The van der Waals surface area contributed by atoms with Gasteiger partial charge in [0.15, 0.2) is 0 Å². The molecule has 4 nitrogen and oxygen atoms in total. The molecule has 0 bridgehead atoms. The molecule has 0 aromatic heterocycles. The predicted octanol–water partition coefficient (Wildman–Crippen LogP) is 4.73. The van der Waals surface area contributed by atoms with Crippen molar-refractivity contribution in [3.63, 3.8) is 0 Å². The number of ether oxygens (including phenoxy) is 2. The Labute approximate surface area is 166 Å². The van der Waals surface area contributed by atoms with Crippen molar-refractivity contribution in [3.8, 4) is 11.5 Å². The van der Waals surface area contributed by atoms with Gasteiger partial charge in [-0.3, -0.25) is 0 Å². The highest BCUT2D eigenvalue weighted by molar-refractivity contribution is 5.53. The Bertz CT molecular complexity index is 790. The topological polar surface area (TPSA) is 24.9 Å². The molecule has 0 aliphatic carbocycles. The molecule has 2 aliphatic heterocycles. The predicted molar refractivity (Wildman–Crippen MR) is 111 cm³/mol. The molecule has 2 heterocycles.